The Morgan fingerprint density at radius 1 is 1.33 bits per heavy atom. The van der Waals surface area contributed by atoms with Crippen molar-refractivity contribution < 1.29 is 13.2 Å². The van der Waals surface area contributed by atoms with Crippen molar-refractivity contribution in [3.05, 3.63) is 45.6 Å². The highest BCUT2D eigenvalue weighted by atomic mass is 35.5. The van der Waals surface area contributed by atoms with E-state index < -0.39 is 23.6 Å². The fourth-order valence-corrected chi connectivity index (χ4v) is 3.35. The van der Waals surface area contributed by atoms with Gasteiger partial charge >= 0.3 is 6.18 Å². The summed E-state index contributed by atoms with van der Waals surface area (Å²) >= 11 is 5.71. The molecule has 0 amide bonds. The molecule has 2 heterocycles. The molecule has 0 N–H and O–H groups in total. The number of benzene rings is 1. The highest BCUT2D eigenvalue weighted by molar-refractivity contribution is 6.31. The maximum absolute atomic E-state index is 13.2. The third kappa shape index (κ3) is 2.84. The zero-order valence-electron chi connectivity index (χ0n) is 12.7. The number of hydrogen-bond donors (Lipinski definition) is 0. The molecule has 2 aliphatic heterocycles. The molecule has 1 aromatic carbocycles. The van der Waals surface area contributed by atoms with E-state index in [0.717, 1.165) is 11.8 Å². The van der Waals surface area contributed by atoms with Crippen LogP contribution in [-0.2, 0) is 6.18 Å². The third-order valence-electron chi connectivity index (χ3n) is 4.27. The zero-order valence-corrected chi connectivity index (χ0v) is 13.5. The molecule has 0 fully saturated rings. The van der Waals surface area contributed by atoms with Crippen LogP contribution in [0.3, 0.4) is 0 Å². The first kappa shape index (κ1) is 16.7. The van der Waals surface area contributed by atoms with Crippen molar-refractivity contribution >= 4 is 23.5 Å². The fraction of sp³-hybridized carbons (Fsp3) is 0.353. The van der Waals surface area contributed by atoms with Crippen LogP contribution in [0.2, 0.25) is 5.02 Å². The molecule has 24 heavy (non-hydrogen) atoms. The van der Waals surface area contributed by atoms with Gasteiger partial charge in [0, 0.05) is 42.1 Å². The van der Waals surface area contributed by atoms with Crippen LogP contribution >= 0.6 is 11.6 Å². The Morgan fingerprint density at radius 2 is 2.08 bits per heavy atom. The first-order chi connectivity index (χ1) is 11.3. The van der Waals surface area contributed by atoms with E-state index in [-0.39, 0.29) is 5.02 Å². The Kier molecular flexibility index (Phi) is 4.22. The van der Waals surface area contributed by atoms with Crippen LogP contribution in [0.1, 0.15) is 30.4 Å². The molecule has 0 aliphatic carbocycles. The van der Waals surface area contributed by atoms with Crippen LogP contribution in [0.15, 0.2) is 39.5 Å². The topological polar surface area (TPSA) is 48.5 Å². The molecule has 0 saturated heterocycles. The van der Waals surface area contributed by atoms with Gasteiger partial charge in [0.05, 0.1) is 22.6 Å². The number of alkyl halides is 3. The summed E-state index contributed by atoms with van der Waals surface area (Å²) in [4.78, 5) is 8.67. The summed E-state index contributed by atoms with van der Waals surface area (Å²) in [5, 5.41) is 9.17. The number of nitrogens with zero attached hydrogens (tertiary/aromatic N) is 3. The summed E-state index contributed by atoms with van der Waals surface area (Å²) in [6.45, 7) is 2.32. The van der Waals surface area contributed by atoms with Crippen LogP contribution in [0.5, 0.6) is 0 Å². The van der Waals surface area contributed by atoms with Crippen LogP contribution < -0.4 is 0 Å². The Labute approximate surface area is 142 Å². The number of nitriles is 1. The maximum atomic E-state index is 13.2. The minimum absolute atomic E-state index is 0.354. The van der Waals surface area contributed by atoms with Gasteiger partial charge in [-0.1, -0.05) is 17.7 Å². The molecule has 1 aromatic rings. The Balaban J connectivity index is 2.16. The molecule has 7 heteroatoms. The SMILES string of the molecule is CC1=NC2=C(C=NCC2)C(c2ccc(Cl)c(C(F)(F)F)c2)C1C#N. The number of halogens is 4. The smallest absolute Gasteiger partial charge is 0.292 e. The van der Waals surface area contributed by atoms with Crippen molar-refractivity contribution in [2.75, 3.05) is 6.54 Å². The second kappa shape index (κ2) is 6.06. The van der Waals surface area contributed by atoms with Gasteiger partial charge in [-0.15, -0.1) is 0 Å². The monoisotopic (exact) mass is 351 g/mol. The van der Waals surface area contributed by atoms with E-state index in [1.54, 1.807) is 13.1 Å². The van der Waals surface area contributed by atoms with E-state index in [4.69, 9.17) is 11.6 Å². The lowest BCUT2D eigenvalue weighted by Crippen LogP contribution is -2.27. The van der Waals surface area contributed by atoms with Gasteiger partial charge in [0.2, 0.25) is 0 Å². The number of hydrogen-bond acceptors (Lipinski definition) is 3. The number of dihydropyridines is 1. The van der Waals surface area contributed by atoms with Gasteiger partial charge in [0.15, 0.2) is 0 Å². The molecular formula is C17H13ClF3N3. The van der Waals surface area contributed by atoms with Gasteiger partial charge in [0.25, 0.3) is 0 Å². The predicted octanol–water partition coefficient (Wildman–Crippen LogP) is 4.79. The molecule has 0 aromatic heterocycles. The highest BCUT2D eigenvalue weighted by Gasteiger charge is 2.38. The number of rotatable bonds is 1. The molecule has 2 atom stereocenters. The lowest BCUT2D eigenvalue weighted by atomic mass is 9.75. The molecular weight excluding hydrogens is 339 g/mol. The largest absolute Gasteiger partial charge is 0.417 e. The normalized spacial score (nSPS) is 23.6. The van der Waals surface area contributed by atoms with Gasteiger partial charge in [-0.05, 0) is 24.6 Å². The van der Waals surface area contributed by atoms with E-state index in [1.807, 2.05) is 0 Å². The average Bonchev–Trinajstić information content (AvgIpc) is 2.53. The summed E-state index contributed by atoms with van der Waals surface area (Å²) in [6, 6.07) is 5.97. The molecule has 3 rings (SSSR count). The molecule has 124 valence electrons. The highest BCUT2D eigenvalue weighted by Crippen LogP contribution is 2.42. The predicted molar refractivity (Wildman–Crippen MR) is 86.4 cm³/mol. The van der Waals surface area contributed by atoms with Gasteiger partial charge in [0.1, 0.15) is 0 Å². The Hall–Kier alpha value is -2.13. The van der Waals surface area contributed by atoms with Crippen molar-refractivity contribution in [1.29, 1.82) is 5.26 Å². The molecule has 0 radical (unpaired) electrons. The van der Waals surface area contributed by atoms with E-state index >= 15 is 0 Å². The van der Waals surface area contributed by atoms with Gasteiger partial charge in [-0.25, -0.2) is 0 Å². The van der Waals surface area contributed by atoms with Crippen molar-refractivity contribution in [3.8, 4) is 6.07 Å². The quantitative estimate of drug-likeness (QED) is 0.718. The van der Waals surface area contributed by atoms with Crippen molar-refractivity contribution in [2.24, 2.45) is 15.9 Å². The van der Waals surface area contributed by atoms with Crippen LogP contribution in [0.4, 0.5) is 13.2 Å². The third-order valence-corrected chi connectivity index (χ3v) is 4.59. The first-order valence-corrected chi connectivity index (χ1v) is 7.75. The van der Waals surface area contributed by atoms with Crippen LogP contribution in [-0.4, -0.2) is 18.5 Å². The average molecular weight is 352 g/mol. The minimum Gasteiger partial charge on any atom is -0.292 e. The van der Waals surface area contributed by atoms with Crippen LogP contribution in [0.25, 0.3) is 0 Å². The van der Waals surface area contributed by atoms with Gasteiger partial charge < -0.3 is 0 Å². The van der Waals surface area contributed by atoms with Gasteiger partial charge in [-0.2, -0.15) is 18.4 Å². The van der Waals surface area contributed by atoms with Gasteiger partial charge in [-0.3, -0.25) is 9.98 Å². The van der Waals surface area contributed by atoms with E-state index in [9.17, 15) is 18.4 Å². The van der Waals surface area contributed by atoms with E-state index in [0.29, 0.717) is 29.8 Å². The second-order valence-electron chi connectivity index (χ2n) is 5.76. The van der Waals surface area contributed by atoms with Crippen molar-refractivity contribution in [3.63, 3.8) is 0 Å². The van der Waals surface area contributed by atoms with E-state index in [1.165, 1.54) is 12.1 Å². The van der Waals surface area contributed by atoms with Crippen LogP contribution in [0, 0.1) is 17.2 Å². The Bertz CT molecular complexity index is 815. The summed E-state index contributed by atoms with van der Waals surface area (Å²) < 4.78 is 39.5. The molecule has 0 spiro atoms. The summed E-state index contributed by atoms with van der Waals surface area (Å²) in [5.74, 6) is -1.15. The molecule has 0 bridgehead atoms. The number of aliphatic imine (C=N–C) groups is 2. The number of allylic oxidation sites excluding steroid dienone is 1. The van der Waals surface area contributed by atoms with E-state index in [2.05, 4.69) is 16.1 Å². The Morgan fingerprint density at radius 3 is 2.75 bits per heavy atom. The maximum Gasteiger partial charge on any atom is 0.417 e. The summed E-state index contributed by atoms with van der Waals surface area (Å²) in [7, 11) is 0. The molecule has 3 nitrogen and oxygen atoms in total. The minimum atomic E-state index is -4.55. The molecule has 2 aliphatic rings. The molecule has 0 saturated carbocycles. The van der Waals surface area contributed by atoms with Crippen molar-refractivity contribution in [1.82, 2.24) is 0 Å². The lowest BCUT2D eigenvalue weighted by Gasteiger charge is -2.31. The molecule has 2 unspecified atom stereocenters. The fourth-order valence-electron chi connectivity index (χ4n) is 3.13. The lowest BCUT2D eigenvalue weighted by molar-refractivity contribution is -0.137. The first-order valence-electron chi connectivity index (χ1n) is 7.37. The summed E-state index contributed by atoms with van der Waals surface area (Å²) in [5.41, 5.74) is 1.62. The standard InChI is InChI=1S/C17H13ClF3N3/c1-9-11(7-22)16(12-8-23-5-4-15(12)24-9)10-2-3-14(18)13(6-10)17(19,20)21/h2-3,6,8,11,16H,4-5H2,1H3. The van der Waals surface area contributed by atoms with Crippen molar-refractivity contribution in [2.45, 2.75) is 25.4 Å². The second-order valence-corrected chi connectivity index (χ2v) is 6.17. The summed E-state index contributed by atoms with van der Waals surface area (Å²) in [6.07, 6.45) is -2.30. The zero-order chi connectivity index (χ0) is 17.5.